The molecule has 1 aromatic heterocycles. The molecule has 3 rings (SSSR count). The van der Waals surface area contributed by atoms with Gasteiger partial charge >= 0.3 is 0 Å². The number of hydrogen-bond acceptors (Lipinski definition) is 4. The van der Waals surface area contributed by atoms with Gasteiger partial charge in [-0.25, -0.2) is 0 Å². The summed E-state index contributed by atoms with van der Waals surface area (Å²) in [6, 6.07) is 3.17. The Hall–Kier alpha value is -1.53. The number of halogens is 1. The minimum absolute atomic E-state index is 0.0661. The number of primary amides is 1. The zero-order valence-electron chi connectivity index (χ0n) is 12.9. The number of rotatable bonds is 4. The molecule has 7 heteroatoms. The van der Waals surface area contributed by atoms with Gasteiger partial charge in [0.25, 0.3) is 5.91 Å². The monoisotopic (exact) mass is 340 g/mol. The molecule has 2 aliphatic rings. The largest absolute Gasteiger partial charge is 0.440 e. The molecule has 2 N–H and O–H groups in total. The van der Waals surface area contributed by atoms with Crippen molar-refractivity contribution in [3.8, 4) is 0 Å². The summed E-state index contributed by atoms with van der Waals surface area (Å²) in [6.07, 6.45) is 3.28. The van der Waals surface area contributed by atoms with Crippen LogP contribution in [0.15, 0.2) is 16.5 Å². The number of ether oxygens (including phenoxy) is 1. The Morgan fingerprint density at radius 1 is 1.26 bits per heavy atom. The average molecular weight is 341 g/mol. The summed E-state index contributed by atoms with van der Waals surface area (Å²) in [6.45, 7) is 1.96. The number of carbonyl (C=O) groups excluding carboxylic acids is 2. The van der Waals surface area contributed by atoms with Crippen molar-refractivity contribution in [1.82, 2.24) is 4.90 Å². The molecular formula is C16H21ClN2O4. The fourth-order valence-electron chi connectivity index (χ4n) is 3.49. The second-order valence-corrected chi connectivity index (χ2v) is 6.65. The molecule has 23 heavy (non-hydrogen) atoms. The molecule has 2 saturated heterocycles. The highest BCUT2D eigenvalue weighted by Gasteiger charge is 2.35. The van der Waals surface area contributed by atoms with Gasteiger partial charge in [0, 0.05) is 19.7 Å². The lowest BCUT2D eigenvalue weighted by molar-refractivity contribution is -0.123. The molecule has 126 valence electrons. The normalized spacial score (nSPS) is 25.7. The van der Waals surface area contributed by atoms with Gasteiger partial charge in [0.05, 0.1) is 12.0 Å². The molecule has 0 radical (unpaired) electrons. The number of hydrogen-bond donors (Lipinski definition) is 1. The molecule has 0 bridgehead atoms. The summed E-state index contributed by atoms with van der Waals surface area (Å²) in [5.74, 6) is 0.169. The third-order valence-corrected chi connectivity index (χ3v) is 5.03. The van der Waals surface area contributed by atoms with Gasteiger partial charge in [-0.1, -0.05) is 0 Å². The van der Waals surface area contributed by atoms with Crippen LogP contribution in [0.3, 0.4) is 0 Å². The summed E-state index contributed by atoms with van der Waals surface area (Å²) >= 11 is 5.71. The fourth-order valence-corrected chi connectivity index (χ4v) is 3.64. The van der Waals surface area contributed by atoms with E-state index in [4.69, 9.17) is 26.5 Å². The van der Waals surface area contributed by atoms with Gasteiger partial charge in [-0.15, -0.1) is 0 Å². The Morgan fingerprint density at radius 2 is 2.00 bits per heavy atom. The predicted octanol–water partition coefficient (Wildman–Crippen LogP) is 2.07. The first kappa shape index (κ1) is 16.3. The van der Waals surface area contributed by atoms with E-state index in [1.165, 1.54) is 0 Å². The van der Waals surface area contributed by atoms with Crippen molar-refractivity contribution >= 4 is 23.4 Å². The van der Waals surface area contributed by atoms with Crippen molar-refractivity contribution in [2.24, 2.45) is 17.6 Å². The van der Waals surface area contributed by atoms with Crippen LogP contribution in [0.25, 0.3) is 0 Å². The van der Waals surface area contributed by atoms with Gasteiger partial charge in [0.15, 0.2) is 11.0 Å². The zero-order chi connectivity index (χ0) is 16.4. The molecule has 0 aliphatic carbocycles. The van der Waals surface area contributed by atoms with Crippen molar-refractivity contribution in [2.45, 2.75) is 31.8 Å². The summed E-state index contributed by atoms with van der Waals surface area (Å²) in [5, 5.41) is 0.221. The molecule has 2 fully saturated rings. The van der Waals surface area contributed by atoms with E-state index >= 15 is 0 Å². The maximum Gasteiger partial charge on any atom is 0.289 e. The van der Waals surface area contributed by atoms with E-state index in [1.54, 1.807) is 17.0 Å². The zero-order valence-corrected chi connectivity index (χ0v) is 13.6. The lowest BCUT2D eigenvalue weighted by Crippen LogP contribution is -2.40. The molecule has 3 heterocycles. The van der Waals surface area contributed by atoms with Crippen LogP contribution in [-0.2, 0) is 9.53 Å². The molecule has 0 spiro atoms. The predicted molar refractivity (Wildman–Crippen MR) is 84.0 cm³/mol. The maximum atomic E-state index is 12.3. The van der Waals surface area contributed by atoms with Crippen molar-refractivity contribution < 1.29 is 18.7 Å². The SMILES string of the molecule is NC(=O)[C@@H]1CCO[C@@H]1CC1CCN(C(=O)c2ccc(Cl)o2)CC1. The van der Waals surface area contributed by atoms with Crippen molar-refractivity contribution in [1.29, 1.82) is 0 Å². The van der Waals surface area contributed by atoms with Gasteiger partial charge in [-0.05, 0) is 55.3 Å². The van der Waals surface area contributed by atoms with Crippen LogP contribution in [0.5, 0.6) is 0 Å². The Kier molecular flexibility index (Phi) is 4.92. The summed E-state index contributed by atoms with van der Waals surface area (Å²) in [4.78, 5) is 25.5. The second kappa shape index (κ2) is 6.93. The van der Waals surface area contributed by atoms with Gasteiger partial charge < -0.3 is 19.8 Å². The van der Waals surface area contributed by atoms with Crippen molar-refractivity contribution in [3.05, 3.63) is 23.1 Å². The van der Waals surface area contributed by atoms with E-state index in [-0.39, 0.29) is 34.8 Å². The summed E-state index contributed by atoms with van der Waals surface area (Å²) in [5.41, 5.74) is 5.43. The number of furan rings is 1. The van der Waals surface area contributed by atoms with Crippen LogP contribution in [0.4, 0.5) is 0 Å². The Morgan fingerprint density at radius 3 is 2.61 bits per heavy atom. The summed E-state index contributed by atoms with van der Waals surface area (Å²) in [7, 11) is 0. The number of piperidine rings is 1. The fraction of sp³-hybridized carbons (Fsp3) is 0.625. The average Bonchev–Trinajstić information content (AvgIpc) is 3.16. The number of likely N-dealkylation sites (tertiary alicyclic amines) is 1. The van der Waals surface area contributed by atoms with E-state index in [0.29, 0.717) is 25.6 Å². The molecule has 2 amide bonds. The molecule has 1 aromatic rings. The van der Waals surface area contributed by atoms with Crippen molar-refractivity contribution in [2.75, 3.05) is 19.7 Å². The van der Waals surface area contributed by atoms with Gasteiger partial charge in [-0.3, -0.25) is 9.59 Å². The second-order valence-electron chi connectivity index (χ2n) is 6.28. The van der Waals surface area contributed by atoms with Gasteiger partial charge in [0.2, 0.25) is 5.91 Å². The standard InChI is InChI=1S/C16H21ClN2O4/c17-14-2-1-12(23-14)16(21)19-6-3-10(4-7-19)9-13-11(15(18)20)5-8-22-13/h1-2,10-11,13H,3-9H2,(H2,18,20)/t11-,13-/m1/s1. The van der Waals surface area contributed by atoms with E-state index in [9.17, 15) is 9.59 Å². The molecule has 2 aliphatic heterocycles. The first-order chi connectivity index (χ1) is 11.0. The lowest BCUT2D eigenvalue weighted by Gasteiger charge is -2.33. The molecule has 2 atom stereocenters. The maximum absolute atomic E-state index is 12.3. The van der Waals surface area contributed by atoms with Crippen LogP contribution >= 0.6 is 11.6 Å². The highest BCUT2D eigenvalue weighted by atomic mass is 35.5. The summed E-state index contributed by atoms with van der Waals surface area (Å²) < 4.78 is 10.8. The third-order valence-electron chi connectivity index (χ3n) is 4.83. The van der Waals surface area contributed by atoms with Crippen LogP contribution in [0, 0.1) is 11.8 Å². The van der Waals surface area contributed by atoms with Crippen LogP contribution in [0.1, 0.15) is 36.2 Å². The number of nitrogens with zero attached hydrogens (tertiary/aromatic N) is 1. The third kappa shape index (κ3) is 3.70. The van der Waals surface area contributed by atoms with Crippen LogP contribution < -0.4 is 5.73 Å². The molecule has 6 nitrogen and oxygen atoms in total. The first-order valence-corrected chi connectivity index (χ1v) is 8.38. The minimum atomic E-state index is -0.269. The Labute approximate surface area is 139 Å². The Bertz CT molecular complexity index is 580. The van der Waals surface area contributed by atoms with Crippen LogP contribution in [-0.4, -0.2) is 42.5 Å². The number of amides is 2. The van der Waals surface area contributed by atoms with E-state index in [2.05, 4.69) is 0 Å². The number of carbonyl (C=O) groups is 2. The van der Waals surface area contributed by atoms with E-state index in [1.807, 2.05) is 0 Å². The number of nitrogens with two attached hydrogens (primary N) is 1. The smallest absolute Gasteiger partial charge is 0.289 e. The van der Waals surface area contributed by atoms with Crippen LogP contribution in [0.2, 0.25) is 5.22 Å². The van der Waals surface area contributed by atoms with E-state index in [0.717, 1.165) is 25.7 Å². The highest BCUT2D eigenvalue weighted by molar-refractivity contribution is 6.29. The highest BCUT2D eigenvalue weighted by Crippen LogP contribution is 2.31. The lowest BCUT2D eigenvalue weighted by atomic mass is 9.86. The molecular weight excluding hydrogens is 320 g/mol. The Balaban J connectivity index is 1.50. The van der Waals surface area contributed by atoms with Gasteiger partial charge in [-0.2, -0.15) is 0 Å². The van der Waals surface area contributed by atoms with Crippen molar-refractivity contribution in [3.63, 3.8) is 0 Å². The quantitative estimate of drug-likeness (QED) is 0.909. The topological polar surface area (TPSA) is 85.8 Å². The molecule has 0 aromatic carbocycles. The minimum Gasteiger partial charge on any atom is -0.440 e. The van der Waals surface area contributed by atoms with Gasteiger partial charge in [0.1, 0.15) is 0 Å². The first-order valence-electron chi connectivity index (χ1n) is 8.00. The molecule has 0 saturated carbocycles. The molecule has 0 unspecified atom stereocenters. The van der Waals surface area contributed by atoms with E-state index < -0.39 is 0 Å².